The van der Waals surface area contributed by atoms with E-state index in [1.807, 2.05) is 13.8 Å². The number of Topliss-reactive ketones (excluding diaryl/α,β-unsaturated/α-hetero) is 1. The largest absolute Gasteiger partial charge is 0.335 e. The van der Waals surface area contributed by atoms with Gasteiger partial charge < -0.3 is 9.80 Å². The van der Waals surface area contributed by atoms with E-state index in [-0.39, 0.29) is 29.2 Å². The number of carbonyl (C=O) groups is 3. The van der Waals surface area contributed by atoms with E-state index in [1.54, 1.807) is 69.7 Å². The molecule has 2 aromatic carbocycles. The van der Waals surface area contributed by atoms with Crippen LogP contribution in [0, 0.1) is 25.5 Å². The van der Waals surface area contributed by atoms with Crippen LogP contribution in [-0.4, -0.2) is 122 Å². The molecule has 4 heterocycles. The molecule has 0 radical (unpaired) electrons. The van der Waals surface area contributed by atoms with Gasteiger partial charge in [-0.25, -0.2) is 8.78 Å². The molecule has 50 heavy (non-hydrogen) atoms. The maximum absolute atomic E-state index is 14.8. The highest BCUT2D eigenvalue weighted by molar-refractivity contribution is 5.93. The summed E-state index contributed by atoms with van der Waals surface area (Å²) in [6.07, 6.45) is 0. The van der Waals surface area contributed by atoms with Gasteiger partial charge in [-0.1, -0.05) is 24.3 Å². The summed E-state index contributed by atoms with van der Waals surface area (Å²) in [5.74, 6) is -2.25. The summed E-state index contributed by atoms with van der Waals surface area (Å²) in [4.78, 5) is 49.0. The van der Waals surface area contributed by atoms with Crippen LogP contribution in [0.15, 0.2) is 60.7 Å². The Morgan fingerprint density at radius 2 is 0.940 bits per heavy atom. The molecule has 2 atom stereocenters. The molecule has 0 saturated carbocycles. The second kappa shape index (κ2) is 15.0. The number of hydrogen-bond acceptors (Lipinski definition) is 7. The number of aromatic nitrogens is 4. The number of amides is 2. The number of carbonyl (C=O) groups excluding carboxylic acids is 3. The van der Waals surface area contributed by atoms with Crippen LogP contribution >= 0.6 is 0 Å². The Balaban J connectivity index is 1.18. The molecule has 4 aromatic rings. The molecular weight excluding hydrogens is 642 g/mol. The number of rotatable bonds is 10. The topological polar surface area (TPSA) is 99.8 Å². The molecule has 2 aliphatic rings. The van der Waals surface area contributed by atoms with E-state index < -0.39 is 11.8 Å². The first-order chi connectivity index (χ1) is 24.0. The quantitative estimate of drug-likeness (QED) is 0.252. The molecule has 2 fully saturated rings. The first-order valence-electron chi connectivity index (χ1n) is 17.1. The zero-order valence-corrected chi connectivity index (χ0v) is 29.1. The van der Waals surface area contributed by atoms with Crippen molar-refractivity contribution < 1.29 is 23.2 Å². The van der Waals surface area contributed by atoms with Gasteiger partial charge in [0, 0.05) is 90.9 Å². The number of piperazine rings is 2. The van der Waals surface area contributed by atoms with Crippen molar-refractivity contribution in [2.24, 2.45) is 14.1 Å². The van der Waals surface area contributed by atoms with Crippen molar-refractivity contribution in [3.8, 4) is 0 Å². The molecule has 264 valence electrons. The summed E-state index contributed by atoms with van der Waals surface area (Å²) >= 11 is 0. The van der Waals surface area contributed by atoms with Crippen LogP contribution in [0.25, 0.3) is 0 Å². The molecule has 2 unspecified atom stereocenters. The van der Waals surface area contributed by atoms with Gasteiger partial charge in [-0.2, -0.15) is 10.2 Å². The van der Waals surface area contributed by atoms with Crippen molar-refractivity contribution in [3.05, 3.63) is 106 Å². The lowest BCUT2D eigenvalue weighted by molar-refractivity contribution is -0.123. The lowest BCUT2D eigenvalue weighted by Gasteiger charge is -2.38. The molecule has 0 spiro atoms. The van der Waals surface area contributed by atoms with Crippen LogP contribution in [0.4, 0.5) is 8.78 Å². The third-order valence-electron chi connectivity index (χ3n) is 10.1. The number of ketones is 1. The first kappa shape index (κ1) is 35.1. The minimum atomic E-state index is -0.596. The highest BCUT2D eigenvalue weighted by Crippen LogP contribution is 2.30. The van der Waals surface area contributed by atoms with Crippen molar-refractivity contribution in [1.29, 1.82) is 0 Å². The third kappa shape index (κ3) is 7.84. The molecule has 2 amide bonds. The van der Waals surface area contributed by atoms with Crippen molar-refractivity contribution in [2.45, 2.75) is 25.7 Å². The Hall–Kier alpha value is -4.75. The Labute approximate surface area is 291 Å². The predicted molar refractivity (Wildman–Crippen MR) is 184 cm³/mol. The molecule has 2 aliphatic heterocycles. The SMILES string of the molecule is Cc1cc(C(=O)N2CCN(CC(C(=O)C(CN3CCN(C(=O)c4cc(C)n(C)n4)CC3)c3ccc(F)cc3)c3ccc(F)cc3)CC2)nn1C. The van der Waals surface area contributed by atoms with Gasteiger partial charge in [0.05, 0.1) is 11.8 Å². The summed E-state index contributed by atoms with van der Waals surface area (Å²) in [5, 5.41) is 8.68. The number of hydrogen-bond donors (Lipinski definition) is 0. The highest BCUT2D eigenvalue weighted by atomic mass is 19.1. The second-order valence-electron chi connectivity index (χ2n) is 13.4. The standard InChI is InChI=1S/C37H44F2N8O3/c1-25-21-33(40-42(25)3)36(49)46-17-13-44(14-18-46)23-31(27-5-9-29(38)10-6-27)35(48)32(28-7-11-30(39)12-8-28)24-45-15-19-47(20-16-45)37(50)34-22-26(2)43(4)41-34/h5-12,21-22,31-32H,13-20,23-24H2,1-4H3. The molecule has 0 N–H and O–H groups in total. The molecule has 0 bridgehead atoms. The Kier molecular flexibility index (Phi) is 10.5. The van der Waals surface area contributed by atoms with Crippen molar-refractivity contribution >= 4 is 17.6 Å². The molecule has 6 rings (SSSR count). The smallest absolute Gasteiger partial charge is 0.274 e. The number of benzene rings is 2. The third-order valence-corrected chi connectivity index (χ3v) is 10.1. The van der Waals surface area contributed by atoms with Crippen LogP contribution in [0.2, 0.25) is 0 Å². The Bertz CT molecular complexity index is 1650. The van der Waals surface area contributed by atoms with Gasteiger partial charge in [-0.15, -0.1) is 0 Å². The minimum absolute atomic E-state index is 0.0480. The maximum atomic E-state index is 14.8. The average Bonchev–Trinajstić information content (AvgIpc) is 3.65. The monoisotopic (exact) mass is 686 g/mol. The zero-order valence-electron chi connectivity index (χ0n) is 29.1. The van der Waals surface area contributed by atoms with E-state index >= 15 is 0 Å². The van der Waals surface area contributed by atoms with Crippen molar-refractivity contribution in [3.63, 3.8) is 0 Å². The number of aryl methyl sites for hydroxylation is 4. The fraction of sp³-hybridized carbons (Fsp3) is 0.432. The summed E-state index contributed by atoms with van der Waals surface area (Å²) in [6.45, 7) is 8.79. The van der Waals surface area contributed by atoms with E-state index in [1.165, 1.54) is 24.3 Å². The van der Waals surface area contributed by atoms with E-state index in [4.69, 9.17) is 0 Å². The molecule has 11 nitrogen and oxygen atoms in total. The van der Waals surface area contributed by atoms with Crippen LogP contribution in [0.5, 0.6) is 0 Å². The summed E-state index contributed by atoms with van der Waals surface area (Å²) in [5.41, 5.74) is 4.03. The zero-order chi connectivity index (χ0) is 35.5. The van der Waals surface area contributed by atoms with Gasteiger partial charge in [-0.3, -0.25) is 33.5 Å². The summed E-state index contributed by atoms with van der Waals surface area (Å²) in [6, 6.07) is 15.7. The summed E-state index contributed by atoms with van der Waals surface area (Å²) < 4.78 is 31.5. The molecule has 2 saturated heterocycles. The molecule has 2 aromatic heterocycles. The Morgan fingerprint density at radius 1 is 0.600 bits per heavy atom. The summed E-state index contributed by atoms with van der Waals surface area (Å²) in [7, 11) is 3.61. The second-order valence-corrected chi connectivity index (χ2v) is 13.4. The van der Waals surface area contributed by atoms with Gasteiger partial charge in [0.25, 0.3) is 11.8 Å². The van der Waals surface area contributed by atoms with Crippen LogP contribution in [0.1, 0.15) is 55.3 Å². The fourth-order valence-corrected chi connectivity index (χ4v) is 6.79. The van der Waals surface area contributed by atoms with E-state index in [0.29, 0.717) is 88.0 Å². The first-order valence-corrected chi connectivity index (χ1v) is 17.1. The van der Waals surface area contributed by atoms with Gasteiger partial charge >= 0.3 is 0 Å². The predicted octanol–water partition coefficient (Wildman–Crippen LogP) is 3.40. The van der Waals surface area contributed by atoms with Crippen LogP contribution in [-0.2, 0) is 18.9 Å². The van der Waals surface area contributed by atoms with Gasteiger partial charge in [0.15, 0.2) is 11.4 Å². The molecular formula is C37H44F2N8O3. The Morgan fingerprint density at radius 3 is 1.24 bits per heavy atom. The van der Waals surface area contributed by atoms with E-state index in [0.717, 1.165) is 11.4 Å². The highest BCUT2D eigenvalue weighted by Gasteiger charge is 2.35. The van der Waals surface area contributed by atoms with Crippen molar-refractivity contribution in [2.75, 3.05) is 65.4 Å². The van der Waals surface area contributed by atoms with E-state index in [9.17, 15) is 23.2 Å². The number of halogens is 2. The van der Waals surface area contributed by atoms with Gasteiger partial charge in [0.1, 0.15) is 17.4 Å². The maximum Gasteiger partial charge on any atom is 0.274 e. The minimum Gasteiger partial charge on any atom is -0.335 e. The normalized spacial score (nSPS) is 17.2. The van der Waals surface area contributed by atoms with Crippen LogP contribution < -0.4 is 0 Å². The van der Waals surface area contributed by atoms with Crippen LogP contribution in [0.3, 0.4) is 0 Å². The number of nitrogens with zero attached hydrogens (tertiary/aromatic N) is 8. The molecule has 13 heteroatoms. The lowest BCUT2D eigenvalue weighted by atomic mass is 9.82. The lowest BCUT2D eigenvalue weighted by Crippen LogP contribution is -2.51. The van der Waals surface area contributed by atoms with Crippen molar-refractivity contribution in [1.82, 2.24) is 39.2 Å². The average molecular weight is 687 g/mol. The van der Waals surface area contributed by atoms with E-state index in [2.05, 4.69) is 20.0 Å². The van der Waals surface area contributed by atoms with Gasteiger partial charge in [0.2, 0.25) is 0 Å². The van der Waals surface area contributed by atoms with Gasteiger partial charge in [-0.05, 0) is 61.4 Å². The molecule has 0 aliphatic carbocycles. The fourth-order valence-electron chi connectivity index (χ4n) is 6.79.